The van der Waals surface area contributed by atoms with Crippen molar-refractivity contribution in [2.75, 3.05) is 13.2 Å². The van der Waals surface area contributed by atoms with Gasteiger partial charge in [0.1, 0.15) is 0 Å². The summed E-state index contributed by atoms with van der Waals surface area (Å²) in [6, 6.07) is 11.9. The van der Waals surface area contributed by atoms with Gasteiger partial charge in [0.15, 0.2) is 0 Å². The number of hydrogen-bond acceptors (Lipinski definition) is 3. The minimum Gasteiger partial charge on any atom is -0.381 e. The molecule has 0 N–H and O–H groups in total. The molecule has 1 aromatic carbocycles. The van der Waals surface area contributed by atoms with Crippen molar-refractivity contribution >= 4 is 6.21 Å². The van der Waals surface area contributed by atoms with E-state index in [9.17, 15) is 0 Å². The van der Waals surface area contributed by atoms with Gasteiger partial charge in [-0.05, 0) is 74.0 Å². The third kappa shape index (κ3) is 5.49. The molecule has 3 heterocycles. The predicted octanol–water partition coefficient (Wildman–Crippen LogP) is 7.33. The average Bonchev–Trinajstić information content (AvgIpc) is 3.11. The van der Waals surface area contributed by atoms with Gasteiger partial charge in [-0.1, -0.05) is 52.0 Å². The molecule has 2 aromatic rings. The Balaban J connectivity index is 1.70. The molecule has 0 aliphatic carbocycles. The molecule has 0 amide bonds. The molecule has 1 aromatic heterocycles. The number of ether oxygens (including phenoxy) is 1. The number of nitrogens with zero attached hydrogens (tertiary/aromatic N) is 2. The second kappa shape index (κ2) is 10.7. The van der Waals surface area contributed by atoms with Crippen LogP contribution in [0.3, 0.4) is 0 Å². The Morgan fingerprint density at radius 2 is 1.88 bits per heavy atom. The largest absolute Gasteiger partial charge is 0.381 e. The second-order valence-corrected chi connectivity index (χ2v) is 10.2. The summed E-state index contributed by atoms with van der Waals surface area (Å²) in [7, 11) is 0. The van der Waals surface area contributed by atoms with Gasteiger partial charge in [0.25, 0.3) is 0 Å². The fourth-order valence-corrected chi connectivity index (χ4v) is 4.97. The number of hydrogen-bond donors (Lipinski definition) is 0. The fourth-order valence-electron chi connectivity index (χ4n) is 4.97. The lowest BCUT2D eigenvalue weighted by Crippen LogP contribution is -2.19. The van der Waals surface area contributed by atoms with E-state index in [-0.39, 0.29) is 0 Å². The van der Waals surface area contributed by atoms with Crippen molar-refractivity contribution in [3.8, 4) is 11.3 Å². The second-order valence-electron chi connectivity index (χ2n) is 10.2. The van der Waals surface area contributed by atoms with Crippen molar-refractivity contribution < 1.29 is 4.74 Å². The summed E-state index contributed by atoms with van der Waals surface area (Å²) in [5.74, 6) is 1.81. The van der Waals surface area contributed by atoms with Gasteiger partial charge in [-0.15, -0.1) is 0 Å². The fraction of sp³-hybridized carbons (Fsp3) is 0.586. The quantitative estimate of drug-likeness (QED) is 0.459. The number of rotatable bonds is 7. The van der Waals surface area contributed by atoms with Crippen LogP contribution in [-0.4, -0.2) is 30.5 Å². The first-order chi connectivity index (χ1) is 15.5. The van der Waals surface area contributed by atoms with Gasteiger partial charge in [-0.25, -0.2) is 0 Å². The van der Waals surface area contributed by atoms with E-state index in [2.05, 4.69) is 64.2 Å². The summed E-state index contributed by atoms with van der Waals surface area (Å²) in [6.45, 7) is 10.9. The molecule has 0 bridgehead atoms. The zero-order chi connectivity index (χ0) is 22.5. The van der Waals surface area contributed by atoms with Crippen molar-refractivity contribution in [3.63, 3.8) is 0 Å². The molecule has 1 saturated heterocycles. The Hall–Kier alpha value is -2.00. The lowest BCUT2D eigenvalue weighted by atomic mass is 9.87. The highest BCUT2D eigenvalue weighted by Gasteiger charge is 2.24. The van der Waals surface area contributed by atoms with Crippen molar-refractivity contribution in [1.29, 1.82) is 0 Å². The average molecular weight is 433 g/mol. The normalized spacial score (nSPS) is 21.9. The first-order valence-corrected chi connectivity index (χ1v) is 12.8. The maximum Gasteiger partial charge on any atom is 0.0795 e. The molecular formula is C29H40N2O. The zero-order valence-electron chi connectivity index (χ0n) is 20.4. The summed E-state index contributed by atoms with van der Waals surface area (Å²) in [6.07, 6.45) is 10.1. The van der Waals surface area contributed by atoms with E-state index in [0.29, 0.717) is 17.9 Å². The van der Waals surface area contributed by atoms with E-state index in [1.807, 2.05) is 0 Å². The molecule has 2 aliphatic rings. The molecule has 3 unspecified atom stereocenters. The number of benzene rings is 1. The van der Waals surface area contributed by atoms with Crippen molar-refractivity contribution in [1.82, 2.24) is 4.98 Å². The Labute approximate surface area is 194 Å². The maximum atomic E-state index is 5.74. The van der Waals surface area contributed by atoms with Crippen LogP contribution in [0.1, 0.15) is 100 Å². The Kier molecular flexibility index (Phi) is 7.78. The molecule has 172 valence electrons. The number of fused-ring (bicyclic) bond motifs is 1. The summed E-state index contributed by atoms with van der Waals surface area (Å²) >= 11 is 0. The van der Waals surface area contributed by atoms with Crippen molar-refractivity contribution in [3.05, 3.63) is 52.7 Å². The van der Waals surface area contributed by atoms with Crippen LogP contribution >= 0.6 is 0 Å². The van der Waals surface area contributed by atoms with Crippen LogP contribution < -0.4 is 0 Å². The Morgan fingerprint density at radius 3 is 2.62 bits per heavy atom. The summed E-state index contributed by atoms with van der Waals surface area (Å²) < 4.78 is 5.74. The third-order valence-electron chi connectivity index (χ3n) is 7.35. The molecule has 0 spiro atoms. The number of aliphatic imine (C=N–C) groups is 1. The van der Waals surface area contributed by atoms with Crippen molar-refractivity contribution in [2.45, 2.75) is 90.5 Å². The highest BCUT2D eigenvalue weighted by molar-refractivity contribution is 5.91. The van der Waals surface area contributed by atoms with Crippen LogP contribution in [0.2, 0.25) is 0 Å². The SMILES string of the molecule is CCC(C)c1ccc(-c2nc(C3CCCOCC3)cc3c2C=NC(CCC(C)C)C3)cc1. The number of pyridine rings is 1. The molecule has 3 heteroatoms. The van der Waals surface area contributed by atoms with E-state index >= 15 is 0 Å². The van der Waals surface area contributed by atoms with Crippen LogP contribution in [0.25, 0.3) is 11.3 Å². The first kappa shape index (κ1) is 23.2. The minimum absolute atomic E-state index is 0.401. The van der Waals surface area contributed by atoms with Crippen LogP contribution in [0.15, 0.2) is 35.3 Å². The molecule has 4 rings (SSSR count). The molecule has 32 heavy (non-hydrogen) atoms. The van der Waals surface area contributed by atoms with E-state index in [1.54, 1.807) is 0 Å². The van der Waals surface area contributed by atoms with Gasteiger partial charge >= 0.3 is 0 Å². The number of aromatic nitrogens is 1. The van der Waals surface area contributed by atoms with E-state index in [4.69, 9.17) is 14.7 Å². The van der Waals surface area contributed by atoms with Crippen LogP contribution in [0, 0.1) is 5.92 Å². The lowest BCUT2D eigenvalue weighted by Gasteiger charge is -2.24. The van der Waals surface area contributed by atoms with Crippen LogP contribution in [-0.2, 0) is 11.2 Å². The predicted molar refractivity (Wildman–Crippen MR) is 135 cm³/mol. The summed E-state index contributed by atoms with van der Waals surface area (Å²) in [4.78, 5) is 10.2. The summed E-state index contributed by atoms with van der Waals surface area (Å²) in [5, 5.41) is 0. The van der Waals surface area contributed by atoms with Gasteiger partial charge in [-0.3, -0.25) is 9.98 Å². The van der Waals surface area contributed by atoms with Gasteiger partial charge in [0.2, 0.25) is 0 Å². The molecular weight excluding hydrogens is 392 g/mol. The van der Waals surface area contributed by atoms with Gasteiger partial charge < -0.3 is 4.74 Å². The third-order valence-corrected chi connectivity index (χ3v) is 7.35. The Bertz CT molecular complexity index is 907. The molecule has 0 saturated carbocycles. The highest BCUT2D eigenvalue weighted by atomic mass is 16.5. The van der Waals surface area contributed by atoms with Gasteiger partial charge in [0, 0.05) is 42.2 Å². The van der Waals surface area contributed by atoms with E-state index in [0.717, 1.165) is 50.5 Å². The van der Waals surface area contributed by atoms with E-state index < -0.39 is 0 Å². The maximum absolute atomic E-state index is 5.74. The van der Waals surface area contributed by atoms with Crippen molar-refractivity contribution in [2.24, 2.45) is 10.9 Å². The first-order valence-electron chi connectivity index (χ1n) is 12.8. The molecule has 3 nitrogen and oxygen atoms in total. The standard InChI is InChI=1S/C29H40N2O/c1-5-21(4)22-9-11-24(12-10-22)29-27-19-30-26(13-8-20(2)3)17-25(27)18-28(31-29)23-7-6-15-32-16-14-23/h9-12,18-21,23,26H,5-8,13-17H2,1-4H3. The molecule has 0 radical (unpaired) electrons. The topological polar surface area (TPSA) is 34.5 Å². The van der Waals surface area contributed by atoms with E-state index in [1.165, 1.54) is 47.2 Å². The molecule has 3 atom stereocenters. The zero-order valence-corrected chi connectivity index (χ0v) is 20.4. The van der Waals surface area contributed by atoms with Crippen LogP contribution in [0.5, 0.6) is 0 Å². The smallest absolute Gasteiger partial charge is 0.0795 e. The molecule has 2 aliphatic heterocycles. The molecule has 1 fully saturated rings. The van der Waals surface area contributed by atoms with Crippen LogP contribution in [0.4, 0.5) is 0 Å². The lowest BCUT2D eigenvalue weighted by molar-refractivity contribution is 0.143. The monoisotopic (exact) mass is 432 g/mol. The van der Waals surface area contributed by atoms with Gasteiger partial charge in [-0.2, -0.15) is 0 Å². The van der Waals surface area contributed by atoms with Gasteiger partial charge in [0.05, 0.1) is 11.7 Å². The Morgan fingerprint density at radius 1 is 1.06 bits per heavy atom. The minimum atomic E-state index is 0.401. The summed E-state index contributed by atoms with van der Waals surface area (Å²) in [5.41, 5.74) is 7.66. The highest BCUT2D eigenvalue weighted by Crippen LogP contribution is 2.34.